The highest BCUT2D eigenvalue weighted by Crippen LogP contribution is 2.29. The molecule has 1 saturated heterocycles. The van der Waals surface area contributed by atoms with E-state index in [9.17, 15) is 8.78 Å². The van der Waals surface area contributed by atoms with Gasteiger partial charge in [-0.15, -0.1) is 0 Å². The van der Waals surface area contributed by atoms with Crippen molar-refractivity contribution in [3.05, 3.63) is 35.4 Å². The first kappa shape index (κ1) is 10.6. The van der Waals surface area contributed by atoms with E-state index in [1.54, 1.807) is 6.07 Å². The molecule has 1 aliphatic heterocycles. The second-order valence-electron chi connectivity index (χ2n) is 4.25. The van der Waals surface area contributed by atoms with Crippen molar-refractivity contribution in [2.45, 2.75) is 19.3 Å². The Hall–Kier alpha value is -0.960. The molecule has 0 bridgehead atoms. The molecule has 1 fully saturated rings. The molecule has 0 aromatic heterocycles. The Balaban J connectivity index is 2.24. The Morgan fingerprint density at radius 3 is 2.73 bits per heavy atom. The standard InChI is InChI=1S/C12H15F2N/c1-8-4-5-15-7-10(8)9-2-3-11(13)12(14)6-9/h2-3,6,8,10,15H,4-5,7H2,1H3. The molecule has 15 heavy (non-hydrogen) atoms. The molecule has 0 amide bonds. The summed E-state index contributed by atoms with van der Waals surface area (Å²) in [5, 5.41) is 3.28. The molecule has 3 heteroatoms. The first-order valence-electron chi connectivity index (χ1n) is 5.34. The summed E-state index contributed by atoms with van der Waals surface area (Å²) >= 11 is 0. The van der Waals surface area contributed by atoms with E-state index in [1.165, 1.54) is 12.1 Å². The van der Waals surface area contributed by atoms with Crippen LogP contribution in [0.15, 0.2) is 18.2 Å². The fraction of sp³-hybridized carbons (Fsp3) is 0.500. The number of hydrogen-bond donors (Lipinski definition) is 1. The summed E-state index contributed by atoms with van der Waals surface area (Å²) in [6.45, 7) is 4.03. The average molecular weight is 211 g/mol. The lowest BCUT2D eigenvalue weighted by Gasteiger charge is -2.29. The highest BCUT2D eigenvalue weighted by Gasteiger charge is 2.23. The van der Waals surface area contributed by atoms with Gasteiger partial charge >= 0.3 is 0 Å². The van der Waals surface area contributed by atoms with Crippen molar-refractivity contribution < 1.29 is 8.78 Å². The van der Waals surface area contributed by atoms with E-state index in [0.717, 1.165) is 25.1 Å². The number of rotatable bonds is 1. The fourth-order valence-corrected chi connectivity index (χ4v) is 2.18. The quantitative estimate of drug-likeness (QED) is 0.753. The molecule has 1 nitrogen and oxygen atoms in total. The minimum Gasteiger partial charge on any atom is -0.316 e. The smallest absolute Gasteiger partial charge is 0.159 e. The van der Waals surface area contributed by atoms with Gasteiger partial charge in [0.15, 0.2) is 11.6 Å². The highest BCUT2D eigenvalue weighted by atomic mass is 19.2. The van der Waals surface area contributed by atoms with E-state index >= 15 is 0 Å². The van der Waals surface area contributed by atoms with Crippen LogP contribution in [0.4, 0.5) is 8.78 Å². The number of nitrogens with one attached hydrogen (secondary N) is 1. The topological polar surface area (TPSA) is 12.0 Å². The molecule has 82 valence electrons. The van der Waals surface area contributed by atoms with E-state index in [2.05, 4.69) is 12.2 Å². The summed E-state index contributed by atoms with van der Waals surface area (Å²) in [7, 11) is 0. The molecule has 1 aliphatic rings. The second kappa shape index (κ2) is 4.27. The number of benzene rings is 1. The van der Waals surface area contributed by atoms with Gasteiger partial charge in [0.25, 0.3) is 0 Å². The van der Waals surface area contributed by atoms with Gasteiger partial charge in [0.05, 0.1) is 0 Å². The lowest BCUT2D eigenvalue weighted by Crippen LogP contribution is -2.33. The van der Waals surface area contributed by atoms with Gasteiger partial charge in [0.2, 0.25) is 0 Å². The van der Waals surface area contributed by atoms with Gasteiger partial charge in [-0.25, -0.2) is 8.78 Å². The van der Waals surface area contributed by atoms with Crippen LogP contribution in [0.25, 0.3) is 0 Å². The first-order chi connectivity index (χ1) is 7.18. The summed E-state index contributed by atoms with van der Waals surface area (Å²) in [6.07, 6.45) is 1.09. The molecule has 1 N–H and O–H groups in total. The molecule has 1 aromatic carbocycles. The number of halogens is 2. The van der Waals surface area contributed by atoms with Crippen molar-refractivity contribution in [1.82, 2.24) is 5.32 Å². The lowest BCUT2D eigenvalue weighted by atomic mass is 9.83. The molecule has 1 heterocycles. The zero-order valence-corrected chi connectivity index (χ0v) is 8.76. The monoisotopic (exact) mass is 211 g/mol. The van der Waals surface area contributed by atoms with Gasteiger partial charge in [-0.1, -0.05) is 13.0 Å². The van der Waals surface area contributed by atoms with Crippen molar-refractivity contribution >= 4 is 0 Å². The molecular weight excluding hydrogens is 196 g/mol. The zero-order valence-electron chi connectivity index (χ0n) is 8.76. The van der Waals surface area contributed by atoms with Crippen LogP contribution in [0, 0.1) is 17.6 Å². The van der Waals surface area contributed by atoms with Crippen LogP contribution < -0.4 is 5.32 Å². The number of hydrogen-bond acceptors (Lipinski definition) is 1. The summed E-state index contributed by atoms with van der Waals surface area (Å²) in [5.74, 6) is -0.689. The molecule has 1 aromatic rings. The van der Waals surface area contributed by atoms with E-state index < -0.39 is 11.6 Å². The maximum Gasteiger partial charge on any atom is 0.159 e. The van der Waals surface area contributed by atoms with Crippen LogP contribution in [-0.4, -0.2) is 13.1 Å². The third-order valence-electron chi connectivity index (χ3n) is 3.20. The summed E-state index contributed by atoms with van der Waals surface area (Å²) in [6, 6.07) is 4.22. The SMILES string of the molecule is CC1CCNCC1c1ccc(F)c(F)c1. The van der Waals surface area contributed by atoms with Gasteiger partial charge in [0, 0.05) is 6.54 Å². The maximum atomic E-state index is 13.1. The lowest BCUT2D eigenvalue weighted by molar-refractivity contribution is 0.346. The van der Waals surface area contributed by atoms with Crippen molar-refractivity contribution in [1.29, 1.82) is 0 Å². The van der Waals surface area contributed by atoms with Crippen LogP contribution in [-0.2, 0) is 0 Å². The summed E-state index contributed by atoms with van der Waals surface area (Å²) in [4.78, 5) is 0. The van der Waals surface area contributed by atoms with Crippen molar-refractivity contribution in [3.8, 4) is 0 Å². The van der Waals surface area contributed by atoms with Gasteiger partial charge in [-0.05, 0) is 42.5 Å². The zero-order chi connectivity index (χ0) is 10.8. The van der Waals surface area contributed by atoms with Gasteiger partial charge < -0.3 is 5.32 Å². The molecule has 2 unspecified atom stereocenters. The van der Waals surface area contributed by atoms with Crippen LogP contribution in [0.5, 0.6) is 0 Å². The first-order valence-corrected chi connectivity index (χ1v) is 5.34. The molecule has 2 atom stereocenters. The summed E-state index contributed by atoms with van der Waals surface area (Å²) in [5.41, 5.74) is 0.897. The van der Waals surface area contributed by atoms with Gasteiger partial charge in [0.1, 0.15) is 0 Å². The highest BCUT2D eigenvalue weighted by molar-refractivity contribution is 5.23. The largest absolute Gasteiger partial charge is 0.316 e. The van der Waals surface area contributed by atoms with E-state index in [0.29, 0.717) is 11.8 Å². The predicted molar refractivity (Wildman–Crippen MR) is 55.7 cm³/mol. The van der Waals surface area contributed by atoms with E-state index in [1.807, 2.05) is 0 Å². The van der Waals surface area contributed by atoms with Crippen molar-refractivity contribution in [3.63, 3.8) is 0 Å². The van der Waals surface area contributed by atoms with Crippen LogP contribution in [0.2, 0.25) is 0 Å². The van der Waals surface area contributed by atoms with Crippen molar-refractivity contribution in [2.24, 2.45) is 5.92 Å². The predicted octanol–water partition coefficient (Wildman–Crippen LogP) is 2.68. The minimum absolute atomic E-state index is 0.300. The van der Waals surface area contributed by atoms with E-state index in [-0.39, 0.29) is 0 Å². The second-order valence-corrected chi connectivity index (χ2v) is 4.25. The maximum absolute atomic E-state index is 13.1. The molecule has 0 saturated carbocycles. The third kappa shape index (κ3) is 2.17. The molecule has 2 rings (SSSR count). The van der Waals surface area contributed by atoms with Crippen molar-refractivity contribution in [2.75, 3.05) is 13.1 Å². The van der Waals surface area contributed by atoms with Gasteiger partial charge in [-0.2, -0.15) is 0 Å². The van der Waals surface area contributed by atoms with E-state index in [4.69, 9.17) is 0 Å². The average Bonchev–Trinajstić information content (AvgIpc) is 2.23. The van der Waals surface area contributed by atoms with Crippen LogP contribution in [0.3, 0.4) is 0 Å². The van der Waals surface area contributed by atoms with Crippen LogP contribution >= 0.6 is 0 Å². The van der Waals surface area contributed by atoms with Crippen LogP contribution in [0.1, 0.15) is 24.8 Å². The normalized spacial score (nSPS) is 26.6. The Morgan fingerprint density at radius 1 is 1.27 bits per heavy atom. The molecule has 0 spiro atoms. The molecular formula is C12H15F2N. The number of piperidine rings is 1. The Labute approximate surface area is 88.5 Å². The third-order valence-corrected chi connectivity index (χ3v) is 3.20. The van der Waals surface area contributed by atoms with Gasteiger partial charge in [-0.3, -0.25) is 0 Å². The fourth-order valence-electron chi connectivity index (χ4n) is 2.18. The Morgan fingerprint density at radius 2 is 2.07 bits per heavy atom. The molecule has 0 aliphatic carbocycles. The Kier molecular flexibility index (Phi) is 3.00. The Bertz CT molecular complexity index is 351. The molecule has 0 radical (unpaired) electrons. The summed E-state index contributed by atoms with van der Waals surface area (Å²) < 4.78 is 25.8. The minimum atomic E-state index is -0.768.